The molecule has 1 aliphatic rings. The molecule has 0 bridgehead atoms. The average Bonchev–Trinajstić information content (AvgIpc) is 2.48. The van der Waals surface area contributed by atoms with E-state index in [2.05, 4.69) is 5.32 Å². The predicted molar refractivity (Wildman–Crippen MR) is 71.9 cm³/mol. The second kappa shape index (κ2) is 6.78. The molecule has 0 heterocycles. The lowest BCUT2D eigenvalue weighted by Gasteiger charge is -2.24. The summed E-state index contributed by atoms with van der Waals surface area (Å²) in [4.78, 5) is 22.8. The van der Waals surface area contributed by atoms with Crippen molar-refractivity contribution in [1.29, 1.82) is 0 Å². The number of rotatable bonds is 3. The normalized spacial score (nSPS) is 24.4. The highest BCUT2D eigenvalue weighted by Gasteiger charge is 2.30. The van der Waals surface area contributed by atoms with Gasteiger partial charge in [0.2, 0.25) is 0 Å². The number of aliphatic carboxylic acids is 1. The van der Waals surface area contributed by atoms with Gasteiger partial charge in [-0.05, 0) is 39.5 Å². The van der Waals surface area contributed by atoms with Crippen LogP contribution in [-0.2, 0) is 9.53 Å². The summed E-state index contributed by atoms with van der Waals surface area (Å²) in [7, 11) is 0. The summed E-state index contributed by atoms with van der Waals surface area (Å²) in [5.74, 6) is -1.09. The summed E-state index contributed by atoms with van der Waals surface area (Å²) < 4.78 is 5.16. The van der Waals surface area contributed by atoms with Gasteiger partial charge in [0, 0.05) is 6.54 Å². The van der Waals surface area contributed by atoms with Crippen LogP contribution in [0.3, 0.4) is 0 Å². The molecule has 1 fully saturated rings. The largest absolute Gasteiger partial charge is 0.481 e. The van der Waals surface area contributed by atoms with Crippen LogP contribution in [0.15, 0.2) is 0 Å². The van der Waals surface area contributed by atoms with Crippen LogP contribution in [0.2, 0.25) is 0 Å². The lowest BCUT2D eigenvalue weighted by Crippen LogP contribution is -2.38. The summed E-state index contributed by atoms with van der Waals surface area (Å²) in [5.41, 5.74) is -0.528. The molecule has 0 aromatic carbocycles. The Labute approximate surface area is 114 Å². The zero-order valence-electron chi connectivity index (χ0n) is 12.1. The number of alkyl carbamates (subject to hydrolysis) is 1. The highest BCUT2D eigenvalue weighted by Crippen LogP contribution is 2.28. The first-order chi connectivity index (χ1) is 8.79. The zero-order valence-corrected chi connectivity index (χ0v) is 12.1. The highest BCUT2D eigenvalue weighted by molar-refractivity contribution is 5.71. The van der Waals surface area contributed by atoms with Gasteiger partial charge in [-0.3, -0.25) is 4.79 Å². The van der Waals surface area contributed by atoms with Gasteiger partial charge >= 0.3 is 12.1 Å². The quantitative estimate of drug-likeness (QED) is 0.774. The van der Waals surface area contributed by atoms with E-state index in [1.54, 1.807) is 20.8 Å². The molecule has 0 unspecified atom stereocenters. The van der Waals surface area contributed by atoms with E-state index in [1.165, 1.54) is 0 Å². The van der Waals surface area contributed by atoms with Gasteiger partial charge in [-0.25, -0.2) is 4.79 Å². The minimum Gasteiger partial charge on any atom is -0.481 e. The fraction of sp³-hybridized carbons (Fsp3) is 0.857. The van der Waals surface area contributed by atoms with Gasteiger partial charge in [0.05, 0.1) is 5.92 Å². The van der Waals surface area contributed by atoms with Crippen molar-refractivity contribution in [3.63, 3.8) is 0 Å². The van der Waals surface area contributed by atoms with E-state index in [1.807, 2.05) is 0 Å². The maximum atomic E-state index is 11.6. The van der Waals surface area contributed by atoms with Crippen LogP contribution < -0.4 is 5.32 Å². The maximum Gasteiger partial charge on any atom is 0.407 e. The van der Waals surface area contributed by atoms with Crippen molar-refractivity contribution in [2.24, 2.45) is 11.8 Å². The lowest BCUT2D eigenvalue weighted by atomic mass is 9.88. The number of nitrogens with one attached hydrogen (secondary N) is 1. The van der Waals surface area contributed by atoms with E-state index in [4.69, 9.17) is 4.74 Å². The van der Waals surface area contributed by atoms with Crippen molar-refractivity contribution >= 4 is 12.1 Å². The van der Waals surface area contributed by atoms with Crippen molar-refractivity contribution in [3.8, 4) is 0 Å². The van der Waals surface area contributed by atoms with Gasteiger partial charge in [0.1, 0.15) is 5.60 Å². The average molecular weight is 271 g/mol. The molecule has 1 aliphatic carbocycles. The molecule has 110 valence electrons. The molecule has 0 saturated heterocycles. The third-order valence-electron chi connectivity index (χ3n) is 3.38. The van der Waals surface area contributed by atoms with E-state index < -0.39 is 17.7 Å². The third-order valence-corrected chi connectivity index (χ3v) is 3.38. The molecule has 19 heavy (non-hydrogen) atoms. The molecule has 0 spiro atoms. The minimum atomic E-state index is -0.752. The first-order valence-electron chi connectivity index (χ1n) is 6.99. The van der Waals surface area contributed by atoms with Crippen molar-refractivity contribution in [3.05, 3.63) is 0 Å². The van der Waals surface area contributed by atoms with Gasteiger partial charge < -0.3 is 15.2 Å². The number of hydrogen-bond acceptors (Lipinski definition) is 3. The predicted octanol–water partition coefficient (Wildman–Crippen LogP) is 2.79. The Hall–Kier alpha value is -1.26. The number of carbonyl (C=O) groups excluding carboxylic acids is 1. The summed E-state index contributed by atoms with van der Waals surface area (Å²) in [5, 5.41) is 11.9. The summed E-state index contributed by atoms with van der Waals surface area (Å²) in [6.07, 6.45) is 4.15. The Kier molecular flexibility index (Phi) is 5.63. The molecule has 0 aromatic heterocycles. The van der Waals surface area contributed by atoms with Crippen molar-refractivity contribution < 1.29 is 19.4 Å². The summed E-state index contributed by atoms with van der Waals surface area (Å²) in [6.45, 7) is 5.79. The molecule has 1 rings (SSSR count). The van der Waals surface area contributed by atoms with Crippen LogP contribution in [0.5, 0.6) is 0 Å². The molecule has 2 N–H and O–H groups in total. The van der Waals surface area contributed by atoms with E-state index in [9.17, 15) is 14.7 Å². The van der Waals surface area contributed by atoms with E-state index >= 15 is 0 Å². The second-order valence-electron chi connectivity index (χ2n) is 6.23. The number of ether oxygens (including phenoxy) is 1. The molecule has 2 atom stereocenters. The molecular weight excluding hydrogens is 246 g/mol. The molecule has 0 radical (unpaired) electrons. The standard InChI is InChI=1S/C14H25NO4/c1-14(2,3)19-13(18)15-9-10-7-5-4-6-8-11(10)12(16)17/h10-11H,4-9H2,1-3H3,(H,15,18)(H,16,17)/t10-,11-/m0/s1. The van der Waals surface area contributed by atoms with Crippen LogP contribution in [0, 0.1) is 11.8 Å². The van der Waals surface area contributed by atoms with Gasteiger partial charge in [0.25, 0.3) is 0 Å². The SMILES string of the molecule is CC(C)(C)OC(=O)NC[C@@H]1CCCCC[C@@H]1C(=O)O. The first kappa shape index (κ1) is 15.8. The van der Waals surface area contributed by atoms with Crippen molar-refractivity contribution in [2.75, 3.05) is 6.54 Å². The van der Waals surface area contributed by atoms with E-state index in [0.29, 0.717) is 13.0 Å². The molecule has 5 heteroatoms. The maximum absolute atomic E-state index is 11.6. The second-order valence-corrected chi connectivity index (χ2v) is 6.23. The lowest BCUT2D eigenvalue weighted by molar-refractivity contribution is -0.143. The van der Waals surface area contributed by atoms with Gasteiger partial charge in [-0.1, -0.05) is 19.3 Å². The Morgan fingerprint density at radius 2 is 1.84 bits per heavy atom. The topological polar surface area (TPSA) is 75.6 Å². The Balaban J connectivity index is 2.48. The number of hydrogen-bond donors (Lipinski definition) is 2. The molecule has 1 saturated carbocycles. The molecule has 1 amide bonds. The Morgan fingerprint density at radius 3 is 2.42 bits per heavy atom. The Morgan fingerprint density at radius 1 is 1.21 bits per heavy atom. The summed E-state index contributed by atoms with van der Waals surface area (Å²) in [6, 6.07) is 0. The zero-order chi connectivity index (χ0) is 14.5. The molecular formula is C14H25NO4. The van der Waals surface area contributed by atoms with Crippen LogP contribution in [0.4, 0.5) is 4.79 Å². The van der Waals surface area contributed by atoms with Gasteiger partial charge in [-0.2, -0.15) is 0 Å². The summed E-state index contributed by atoms with van der Waals surface area (Å²) >= 11 is 0. The number of carbonyl (C=O) groups is 2. The van der Waals surface area contributed by atoms with Gasteiger partial charge in [0.15, 0.2) is 0 Å². The molecule has 5 nitrogen and oxygen atoms in total. The van der Waals surface area contributed by atoms with Crippen molar-refractivity contribution in [2.45, 2.75) is 58.5 Å². The number of carboxylic acid groups (broad SMARTS) is 1. The number of carboxylic acids is 1. The third kappa shape index (κ3) is 5.94. The highest BCUT2D eigenvalue weighted by atomic mass is 16.6. The minimum absolute atomic E-state index is 0.00696. The van der Waals surface area contributed by atoms with E-state index in [-0.39, 0.29) is 11.8 Å². The van der Waals surface area contributed by atoms with Crippen LogP contribution in [0.1, 0.15) is 52.9 Å². The fourth-order valence-electron chi connectivity index (χ4n) is 2.48. The van der Waals surface area contributed by atoms with E-state index in [0.717, 1.165) is 25.7 Å². The van der Waals surface area contributed by atoms with Gasteiger partial charge in [-0.15, -0.1) is 0 Å². The first-order valence-corrected chi connectivity index (χ1v) is 6.99. The molecule has 0 aromatic rings. The molecule has 0 aliphatic heterocycles. The number of amides is 1. The van der Waals surface area contributed by atoms with Crippen LogP contribution in [0.25, 0.3) is 0 Å². The smallest absolute Gasteiger partial charge is 0.407 e. The van der Waals surface area contributed by atoms with Crippen LogP contribution in [-0.4, -0.2) is 29.3 Å². The van der Waals surface area contributed by atoms with Crippen LogP contribution >= 0.6 is 0 Å². The monoisotopic (exact) mass is 271 g/mol. The fourth-order valence-corrected chi connectivity index (χ4v) is 2.48. The van der Waals surface area contributed by atoms with Crippen molar-refractivity contribution in [1.82, 2.24) is 5.32 Å². The Bertz CT molecular complexity index is 322.